The number of carbonyl (C=O) groups excluding carboxylic acids is 1. The molecule has 1 aliphatic carbocycles. The molecule has 0 aliphatic heterocycles. The van der Waals surface area contributed by atoms with E-state index in [4.69, 9.17) is 5.73 Å². The maximum Gasteiger partial charge on any atom is 0.237 e. The number of aryl methyl sites for hydroxylation is 1. The van der Waals surface area contributed by atoms with Crippen LogP contribution < -0.4 is 11.1 Å². The molecule has 98 valence electrons. The highest BCUT2D eigenvalue weighted by Gasteiger charge is 2.27. The molecule has 2 rings (SSSR count). The highest BCUT2D eigenvalue weighted by molar-refractivity contribution is 5.81. The molecule has 1 atom stereocenters. The summed E-state index contributed by atoms with van der Waals surface area (Å²) < 4.78 is 0. The molecule has 0 bridgehead atoms. The molecule has 0 heterocycles. The minimum Gasteiger partial charge on any atom is -0.352 e. The first kappa shape index (κ1) is 13.1. The molecule has 0 spiro atoms. The number of carbonyl (C=O) groups is 1. The van der Waals surface area contributed by atoms with Crippen molar-refractivity contribution in [2.45, 2.75) is 44.7 Å². The van der Waals surface area contributed by atoms with Gasteiger partial charge in [-0.05, 0) is 37.2 Å². The summed E-state index contributed by atoms with van der Waals surface area (Å²) in [6.45, 7) is 2.21. The second-order valence-corrected chi connectivity index (χ2v) is 5.41. The predicted octanol–water partition coefficient (Wildman–Crippen LogP) is 1.86. The van der Waals surface area contributed by atoms with Crippen LogP contribution in [0.15, 0.2) is 30.3 Å². The summed E-state index contributed by atoms with van der Waals surface area (Å²) in [5.41, 5.74) is 7.15. The molecule has 1 amide bonds. The van der Waals surface area contributed by atoms with Crippen molar-refractivity contribution in [3.8, 4) is 0 Å². The lowest BCUT2D eigenvalue weighted by atomic mass is 9.82. The maximum atomic E-state index is 11.8. The van der Waals surface area contributed by atoms with Crippen molar-refractivity contribution in [1.29, 1.82) is 0 Å². The van der Waals surface area contributed by atoms with Gasteiger partial charge in [-0.25, -0.2) is 0 Å². The van der Waals surface area contributed by atoms with Crippen LogP contribution in [0.4, 0.5) is 0 Å². The zero-order valence-corrected chi connectivity index (χ0v) is 10.9. The van der Waals surface area contributed by atoms with E-state index in [9.17, 15) is 4.79 Å². The average molecular weight is 246 g/mol. The summed E-state index contributed by atoms with van der Waals surface area (Å²) >= 11 is 0. The fourth-order valence-corrected chi connectivity index (χ4v) is 2.43. The Bertz CT molecular complexity index is 385. The van der Waals surface area contributed by atoms with Crippen LogP contribution in [-0.2, 0) is 11.2 Å². The van der Waals surface area contributed by atoms with Gasteiger partial charge in [0, 0.05) is 6.04 Å². The predicted molar refractivity (Wildman–Crippen MR) is 73.1 cm³/mol. The molecule has 3 nitrogen and oxygen atoms in total. The van der Waals surface area contributed by atoms with Crippen molar-refractivity contribution in [3.63, 3.8) is 0 Å². The molecule has 3 heteroatoms. The summed E-state index contributed by atoms with van der Waals surface area (Å²) in [6.07, 6.45) is 3.75. The SMILES string of the molecule is CC1CC(NC(=O)C(N)CCc2ccccc2)C1. The lowest BCUT2D eigenvalue weighted by Gasteiger charge is -2.34. The van der Waals surface area contributed by atoms with Gasteiger partial charge in [-0.3, -0.25) is 4.79 Å². The first-order chi connectivity index (χ1) is 8.65. The van der Waals surface area contributed by atoms with Gasteiger partial charge in [0.2, 0.25) is 5.91 Å². The second-order valence-electron chi connectivity index (χ2n) is 5.41. The molecule has 0 radical (unpaired) electrons. The van der Waals surface area contributed by atoms with Crippen LogP contribution >= 0.6 is 0 Å². The van der Waals surface area contributed by atoms with E-state index in [1.165, 1.54) is 5.56 Å². The van der Waals surface area contributed by atoms with E-state index in [0.717, 1.165) is 25.2 Å². The van der Waals surface area contributed by atoms with Crippen molar-refractivity contribution >= 4 is 5.91 Å². The number of hydrogen-bond donors (Lipinski definition) is 2. The molecular weight excluding hydrogens is 224 g/mol. The van der Waals surface area contributed by atoms with E-state index >= 15 is 0 Å². The second kappa shape index (κ2) is 6.01. The first-order valence-corrected chi connectivity index (χ1v) is 6.75. The van der Waals surface area contributed by atoms with Gasteiger partial charge in [0.15, 0.2) is 0 Å². The molecule has 3 N–H and O–H groups in total. The number of benzene rings is 1. The van der Waals surface area contributed by atoms with E-state index < -0.39 is 0 Å². The van der Waals surface area contributed by atoms with Gasteiger partial charge in [-0.1, -0.05) is 37.3 Å². The standard InChI is InChI=1S/C15H22N2O/c1-11-9-13(10-11)17-15(18)14(16)8-7-12-5-3-2-4-6-12/h2-6,11,13-14H,7-10,16H2,1H3,(H,17,18). The fraction of sp³-hybridized carbons (Fsp3) is 0.533. The van der Waals surface area contributed by atoms with Crippen molar-refractivity contribution < 1.29 is 4.79 Å². The summed E-state index contributed by atoms with van der Waals surface area (Å²) in [7, 11) is 0. The molecule has 0 aromatic heterocycles. The molecular formula is C15H22N2O. The van der Waals surface area contributed by atoms with E-state index in [0.29, 0.717) is 12.5 Å². The third-order valence-corrected chi connectivity index (χ3v) is 3.64. The molecule has 1 aromatic rings. The Hall–Kier alpha value is -1.35. The van der Waals surface area contributed by atoms with Gasteiger partial charge in [0.05, 0.1) is 6.04 Å². The van der Waals surface area contributed by atoms with Gasteiger partial charge in [-0.15, -0.1) is 0 Å². The fourth-order valence-electron chi connectivity index (χ4n) is 2.43. The Morgan fingerprint density at radius 1 is 1.39 bits per heavy atom. The number of nitrogens with two attached hydrogens (primary N) is 1. The molecule has 0 saturated heterocycles. The Kier molecular flexibility index (Phi) is 4.37. The Balaban J connectivity index is 1.71. The van der Waals surface area contributed by atoms with Crippen molar-refractivity contribution in [3.05, 3.63) is 35.9 Å². The van der Waals surface area contributed by atoms with Gasteiger partial charge >= 0.3 is 0 Å². The van der Waals surface area contributed by atoms with Crippen molar-refractivity contribution in [2.24, 2.45) is 11.7 Å². The van der Waals surface area contributed by atoms with Gasteiger partial charge in [0.25, 0.3) is 0 Å². The lowest BCUT2D eigenvalue weighted by Crippen LogP contribution is -2.49. The zero-order valence-electron chi connectivity index (χ0n) is 10.9. The topological polar surface area (TPSA) is 55.1 Å². The van der Waals surface area contributed by atoms with E-state index in [-0.39, 0.29) is 11.9 Å². The average Bonchev–Trinajstić information content (AvgIpc) is 2.35. The minimum absolute atomic E-state index is 0.00262. The third-order valence-electron chi connectivity index (χ3n) is 3.64. The van der Waals surface area contributed by atoms with Crippen LogP contribution in [0.3, 0.4) is 0 Å². The van der Waals surface area contributed by atoms with Crippen LogP contribution in [0.25, 0.3) is 0 Å². The van der Waals surface area contributed by atoms with Crippen LogP contribution in [0.5, 0.6) is 0 Å². The Morgan fingerprint density at radius 2 is 2.06 bits per heavy atom. The smallest absolute Gasteiger partial charge is 0.237 e. The number of nitrogens with one attached hydrogen (secondary N) is 1. The summed E-state index contributed by atoms with van der Waals surface area (Å²) in [5.74, 6) is 0.749. The Labute approximate surface area is 109 Å². The third kappa shape index (κ3) is 3.57. The zero-order chi connectivity index (χ0) is 13.0. The van der Waals surface area contributed by atoms with E-state index in [1.54, 1.807) is 0 Å². The maximum absolute atomic E-state index is 11.8. The van der Waals surface area contributed by atoms with Crippen LogP contribution in [0.2, 0.25) is 0 Å². The number of amides is 1. The highest BCUT2D eigenvalue weighted by Crippen LogP contribution is 2.26. The van der Waals surface area contributed by atoms with Crippen LogP contribution in [-0.4, -0.2) is 18.0 Å². The largest absolute Gasteiger partial charge is 0.352 e. The lowest BCUT2D eigenvalue weighted by molar-refractivity contribution is -0.124. The summed E-state index contributed by atoms with van der Waals surface area (Å²) in [5, 5.41) is 3.02. The normalized spacial score (nSPS) is 24.1. The van der Waals surface area contributed by atoms with Crippen molar-refractivity contribution in [1.82, 2.24) is 5.32 Å². The molecule has 1 saturated carbocycles. The molecule has 1 aromatic carbocycles. The van der Waals surface area contributed by atoms with Gasteiger partial charge in [0.1, 0.15) is 0 Å². The molecule has 1 aliphatic rings. The molecule has 1 unspecified atom stereocenters. The monoisotopic (exact) mass is 246 g/mol. The molecule has 1 fully saturated rings. The van der Waals surface area contributed by atoms with E-state index in [1.807, 2.05) is 18.2 Å². The summed E-state index contributed by atoms with van der Waals surface area (Å²) in [4.78, 5) is 11.8. The highest BCUT2D eigenvalue weighted by atomic mass is 16.2. The van der Waals surface area contributed by atoms with Crippen LogP contribution in [0, 0.1) is 5.92 Å². The summed E-state index contributed by atoms with van der Waals surface area (Å²) in [6, 6.07) is 10.1. The van der Waals surface area contributed by atoms with Gasteiger partial charge < -0.3 is 11.1 Å². The number of hydrogen-bond acceptors (Lipinski definition) is 2. The van der Waals surface area contributed by atoms with Gasteiger partial charge in [-0.2, -0.15) is 0 Å². The minimum atomic E-state index is -0.388. The molecule has 18 heavy (non-hydrogen) atoms. The Morgan fingerprint density at radius 3 is 2.67 bits per heavy atom. The van der Waals surface area contributed by atoms with E-state index in [2.05, 4.69) is 24.4 Å². The number of rotatable bonds is 5. The first-order valence-electron chi connectivity index (χ1n) is 6.75. The quantitative estimate of drug-likeness (QED) is 0.833. The van der Waals surface area contributed by atoms with Crippen molar-refractivity contribution in [2.75, 3.05) is 0 Å². The van der Waals surface area contributed by atoms with Crippen LogP contribution in [0.1, 0.15) is 31.7 Å².